The molecule has 1 N–H and O–H groups in total. The number of amides is 1. The van der Waals surface area contributed by atoms with Gasteiger partial charge in [0.1, 0.15) is 5.75 Å². The van der Waals surface area contributed by atoms with Crippen molar-refractivity contribution < 1.29 is 14.6 Å². The van der Waals surface area contributed by atoms with Crippen LogP contribution < -0.4 is 4.74 Å². The van der Waals surface area contributed by atoms with Crippen molar-refractivity contribution in [1.29, 1.82) is 0 Å². The lowest BCUT2D eigenvalue weighted by Crippen LogP contribution is -2.33. The normalized spacial score (nSPS) is 15.9. The van der Waals surface area contributed by atoms with Gasteiger partial charge in [-0.15, -0.1) is 11.8 Å². The third-order valence-electron chi connectivity index (χ3n) is 4.08. The minimum atomic E-state index is -0.000334. The first kappa shape index (κ1) is 21.6. The summed E-state index contributed by atoms with van der Waals surface area (Å²) in [6, 6.07) is 14.9. The number of benzene rings is 2. The summed E-state index contributed by atoms with van der Waals surface area (Å²) in [4.78, 5) is 15.3. The van der Waals surface area contributed by atoms with Gasteiger partial charge in [-0.05, 0) is 48.4 Å². The topological polar surface area (TPSA) is 49.8 Å². The second-order valence-corrected chi connectivity index (χ2v) is 7.72. The molecule has 0 radical (unpaired) electrons. The van der Waals surface area contributed by atoms with Crippen LogP contribution in [0.1, 0.15) is 25.8 Å². The zero-order chi connectivity index (χ0) is 19.6. The van der Waals surface area contributed by atoms with Gasteiger partial charge >= 0.3 is 0 Å². The molecule has 0 bridgehead atoms. The first-order valence-electron chi connectivity index (χ1n) is 9.16. The largest absolute Gasteiger partial charge is 0.484 e. The number of nitrogens with zero attached hydrogens (tertiary/aromatic N) is 1. The maximum atomic E-state index is 12.3. The second-order valence-electron chi connectivity index (χ2n) is 5.91. The maximum absolute atomic E-state index is 12.3. The number of aliphatic hydroxyl groups excluding tert-OH is 1. The summed E-state index contributed by atoms with van der Waals surface area (Å²) in [6.45, 7) is 5.53. The SMILES string of the molecule is CC.O=C(COc1ccc(CO)cc1)N1CCC(Sc2ccc(Cl)cc2)C1. The van der Waals surface area contributed by atoms with Crippen molar-refractivity contribution in [1.82, 2.24) is 4.90 Å². The highest BCUT2D eigenvalue weighted by atomic mass is 35.5. The number of carbonyl (C=O) groups excluding carboxylic acids is 1. The number of aliphatic hydroxyl groups is 1. The van der Waals surface area contributed by atoms with E-state index in [4.69, 9.17) is 21.4 Å². The lowest BCUT2D eigenvalue weighted by molar-refractivity contribution is -0.132. The minimum Gasteiger partial charge on any atom is -0.484 e. The van der Waals surface area contributed by atoms with Gasteiger partial charge in [0.25, 0.3) is 5.91 Å². The quantitative estimate of drug-likeness (QED) is 0.758. The molecule has 1 heterocycles. The number of likely N-dealkylation sites (tertiary alicyclic amines) is 1. The van der Waals surface area contributed by atoms with E-state index in [9.17, 15) is 4.79 Å². The van der Waals surface area contributed by atoms with E-state index in [0.717, 1.165) is 30.1 Å². The monoisotopic (exact) mass is 407 g/mol. The standard InChI is InChI=1S/C19H20ClNO3S.C2H6/c20-15-3-7-17(8-4-15)25-18-9-10-21(11-18)19(23)13-24-16-5-1-14(12-22)2-6-16;1-2/h1-8,18,22H,9-13H2;1-2H3. The second kappa shape index (κ2) is 11.2. The molecule has 1 amide bonds. The predicted octanol–water partition coefficient (Wildman–Crippen LogP) is 4.63. The van der Waals surface area contributed by atoms with E-state index in [0.29, 0.717) is 11.0 Å². The van der Waals surface area contributed by atoms with Crippen LogP contribution in [0.4, 0.5) is 0 Å². The molecule has 1 saturated heterocycles. The van der Waals surface area contributed by atoms with Gasteiger partial charge in [0.05, 0.1) is 6.61 Å². The molecule has 0 spiro atoms. The van der Waals surface area contributed by atoms with Gasteiger partial charge in [0.15, 0.2) is 6.61 Å². The molecule has 2 aromatic rings. The number of hydrogen-bond acceptors (Lipinski definition) is 4. The van der Waals surface area contributed by atoms with Crippen LogP contribution in [-0.2, 0) is 11.4 Å². The van der Waals surface area contributed by atoms with Crippen LogP contribution in [-0.4, -0.2) is 40.9 Å². The van der Waals surface area contributed by atoms with Gasteiger partial charge in [-0.2, -0.15) is 0 Å². The van der Waals surface area contributed by atoms with Crippen LogP contribution in [0, 0.1) is 0 Å². The van der Waals surface area contributed by atoms with Crippen molar-refractivity contribution in [2.24, 2.45) is 0 Å². The number of halogens is 1. The van der Waals surface area contributed by atoms with Crippen LogP contribution in [0.2, 0.25) is 5.02 Å². The Morgan fingerprint density at radius 1 is 1.19 bits per heavy atom. The summed E-state index contributed by atoms with van der Waals surface area (Å²) < 4.78 is 5.55. The average molecular weight is 408 g/mol. The summed E-state index contributed by atoms with van der Waals surface area (Å²) in [5.74, 6) is 0.641. The molecular weight excluding hydrogens is 382 g/mol. The Kier molecular flexibility index (Phi) is 8.98. The number of thioether (sulfide) groups is 1. The number of hydrogen-bond donors (Lipinski definition) is 1. The van der Waals surface area contributed by atoms with Crippen LogP contribution in [0.5, 0.6) is 5.75 Å². The molecule has 1 atom stereocenters. The Bertz CT molecular complexity index is 706. The van der Waals surface area contributed by atoms with Gasteiger partial charge < -0.3 is 14.7 Å². The summed E-state index contributed by atoms with van der Waals surface area (Å²) in [5, 5.41) is 10.2. The van der Waals surface area contributed by atoms with Crippen molar-refractivity contribution in [2.75, 3.05) is 19.7 Å². The molecule has 27 heavy (non-hydrogen) atoms. The Morgan fingerprint density at radius 2 is 1.85 bits per heavy atom. The van der Waals surface area contributed by atoms with E-state index in [1.165, 1.54) is 4.90 Å². The highest BCUT2D eigenvalue weighted by Crippen LogP contribution is 2.30. The third-order valence-corrected chi connectivity index (χ3v) is 5.60. The Labute approximate surface area is 170 Å². The summed E-state index contributed by atoms with van der Waals surface area (Å²) in [6.07, 6.45) is 0.976. The molecule has 1 aliphatic heterocycles. The fourth-order valence-corrected chi connectivity index (χ4v) is 3.97. The Balaban J connectivity index is 0.00000126. The zero-order valence-electron chi connectivity index (χ0n) is 15.7. The fourth-order valence-electron chi connectivity index (χ4n) is 2.68. The van der Waals surface area contributed by atoms with E-state index in [1.54, 1.807) is 36.0 Å². The average Bonchev–Trinajstić information content (AvgIpc) is 3.18. The molecule has 146 valence electrons. The number of ether oxygens (including phenoxy) is 1. The van der Waals surface area contributed by atoms with Gasteiger partial charge in [-0.25, -0.2) is 0 Å². The molecule has 0 aromatic heterocycles. The molecule has 4 nitrogen and oxygen atoms in total. The Hall–Kier alpha value is -1.69. The van der Waals surface area contributed by atoms with E-state index in [2.05, 4.69) is 0 Å². The molecule has 0 saturated carbocycles. The van der Waals surface area contributed by atoms with Crippen LogP contribution in [0.3, 0.4) is 0 Å². The first-order valence-corrected chi connectivity index (χ1v) is 10.4. The highest BCUT2D eigenvalue weighted by Gasteiger charge is 2.27. The molecular formula is C21H26ClNO3S. The highest BCUT2D eigenvalue weighted by molar-refractivity contribution is 8.00. The molecule has 6 heteroatoms. The number of carbonyl (C=O) groups is 1. The summed E-state index contributed by atoms with van der Waals surface area (Å²) in [7, 11) is 0. The van der Waals surface area contributed by atoms with Crippen molar-refractivity contribution in [3.05, 3.63) is 59.1 Å². The lowest BCUT2D eigenvalue weighted by Gasteiger charge is -2.17. The third kappa shape index (κ3) is 6.76. The van der Waals surface area contributed by atoms with Crippen LogP contribution >= 0.6 is 23.4 Å². The summed E-state index contributed by atoms with van der Waals surface area (Å²) >= 11 is 7.69. The smallest absolute Gasteiger partial charge is 0.260 e. The van der Waals surface area contributed by atoms with Crippen molar-refractivity contribution in [3.8, 4) is 5.75 Å². The first-order chi connectivity index (χ1) is 13.1. The van der Waals surface area contributed by atoms with Crippen LogP contribution in [0.15, 0.2) is 53.4 Å². The van der Waals surface area contributed by atoms with Gasteiger partial charge in [-0.3, -0.25) is 4.79 Å². The fraction of sp³-hybridized carbons (Fsp3) is 0.381. The molecule has 1 aliphatic rings. The van der Waals surface area contributed by atoms with Crippen molar-refractivity contribution in [2.45, 2.75) is 37.0 Å². The van der Waals surface area contributed by atoms with E-state index >= 15 is 0 Å². The van der Waals surface area contributed by atoms with Crippen molar-refractivity contribution in [3.63, 3.8) is 0 Å². The van der Waals surface area contributed by atoms with E-state index < -0.39 is 0 Å². The van der Waals surface area contributed by atoms with E-state index in [-0.39, 0.29) is 19.1 Å². The van der Waals surface area contributed by atoms with Gasteiger partial charge in [-0.1, -0.05) is 37.6 Å². The zero-order valence-corrected chi connectivity index (χ0v) is 17.3. The lowest BCUT2D eigenvalue weighted by atomic mass is 10.2. The van der Waals surface area contributed by atoms with Crippen molar-refractivity contribution >= 4 is 29.3 Å². The van der Waals surface area contributed by atoms with E-state index in [1.807, 2.05) is 43.0 Å². The van der Waals surface area contributed by atoms with Crippen LogP contribution in [0.25, 0.3) is 0 Å². The molecule has 1 fully saturated rings. The van der Waals surface area contributed by atoms with Gasteiger partial charge in [0.2, 0.25) is 0 Å². The Morgan fingerprint density at radius 3 is 2.48 bits per heavy atom. The number of rotatable bonds is 6. The summed E-state index contributed by atoms with van der Waals surface area (Å²) in [5.41, 5.74) is 0.820. The van der Waals surface area contributed by atoms with Gasteiger partial charge in [0, 0.05) is 28.3 Å². The molecule has 1 unspecified atom stereocenters. The predicted molar refractivity (Wildman–Crippen MR) is 112 cm³/mol. The molecule has 2 aromatic carbocycles. The molecule has 3 rings (SSSR count). The maximum Gasteiger partial charge on any atom is 0.260 e. The molecule has 0 aliphatic carbocycles. The minimum absolute atomic E-state index is 0.000334.